The number of aliphatic hydroxyl groups excluding tert-OH is 1. The van der Waals surface area contributed by atoms with Crippen molar-refractivity contribution in [3.05, 3.63) is 68.7 Å². The van der Waals surface area contributed by atoms with Crippen LogP contribution in [0.3, 0.4) is 0 Å². The molecule has 1 unspecified atom stereocenters. The second-order valence-electron chi connectivity index (χ2n) is 4.61. The molecule has 0 aliphatic carbocycles. The minimum atomic E-state index is -0.960. The first-order valence-corrected chi connectivity index (χ1v) is 7.63. The van der Waals surface area contributed by atoms with Gasteiger partial charge < -0.3 is 9.84 Å². The summed E-state index contributed by atoms with van der Waals surface area (Å²) < 4.78 is 4.80. The maximum absolute atomic E-state index is 12.1. The molecule has 0 heterocycles. The highest BCUT2D eigenvalue weighted by molar-refractivity contribution is 6.48. The molecule has 0 radical (unpaired) electrons. The van der Waals surface area contributed by atoms with E-state index in [0.29, 0.717) is 5.56 Å². The standard InChI is InChI=1S/C16H11Cl3O4/c17-12-6-10(7-13(18)14(12)19)15(21)23-16(22)11(8-20)9-4-2-1-3-5-9/h1-7,11,20H,8H2. The van der Waals surface area contributed by atoms with Gasteiger partial charge in [0.25, 0.3) is 0 Å². The molecular weight excluding hydrogens is 363 g/mol. The van der Waals surface area contributed by atoms with Crippen LogP contribution in [0, 0.1) is 0 Å². The van der Waals surface area contributed by atoms with Crippen LogP contribution in [0.15, 0.2) is 42.5 Å². The number of carbonyl (C=O) groups excluding carboxylic acids is 2. The Morgan fingerprint density at radius 1 is 1.04 bits per heavy atom. The van der Waals surface area contributed by atoms with Gasteiger partial charge in [-0.3, -0.25) is 4.79 Å². The van der Waals surface area contributed by atoms with Gasteiger partial charge in [0.05, 0.1) is 27.2 Å². The molecule has 0 spiro atoms. The third kappa shape index (κ3) is 4.24. The van der Waals surface area contributed by atoms with Crippen molar-refractivity contribution in [2.24, 2.45) is 0 Å². The molecule has 0 aromatic heterocycles. The van der Waals surface area contributed by atoms with Crippen molar-refractivity contribution in [3.63, 3.8) is 0 Å². The molecule has 1 atom stereocenters. The van der Waals surface area contributed by atoms with E-state index in [1.807, 2.05) is 0 Å². The van der Waals surface area contributed by atoms with E-state index in [1.54, 1.807) is 30.3 Å². The van der Waals surface area contributed by atoms with Gasteiger partial charge in [0.15, 0.2) is 0 Å². The van der Waals surface area contributed by atoms with Gasteiger partial charge >= 0.3 is 11.9 Å². The quantitative estimate of drug-likeness (QED) is 0.498. The first-order chi connectivity index (χ1) is 10.9. The zero-order valence-electron chi connectivity index (χ0n) is 11.6. The topological polar surface area (TPSA) is 63.6 Å². The minimum Gasteiger partial charge on any atom is -0.395 e. The monoisotopic (exact) mass is 372 g/mol. The molecule has 0 bridgehead atoms. The summed E-state index contributed by atoms with van der Waals surface area (Å²) >= 11 is 17.5. The van der Waals surface area contributed by atoms with Crippen molar-refractivity contribution in [2.75, 3.05) is 6.61 Å². The third-order valence-corrected chi connectivity index (χ3v) is 4.28. The Labute approximate surface area is 147 Å². The maximum Gasteiger partial charge on any atom is 0.345 e. The molecule has 0 aliphatic rings. The fourth-order valence-electron chi connectivity index (χ4n) is 1.90. The normalized spacial score (nSPS) is 11.8. The Morgan fingerprint density at radius 2 is 1.61 bits per heavy atom. The molecule has 4 nitrogen and oxygen atoms in total. The van der Waals surface area contributed by atoms with E-state index in [4.69, 9.17) is 39.5 Å². The number of halogens is 3. The number of ether oxygens (including phenoxy) is 1. The molecule has 1 N–H and O–H groups in total. The zero-order valence-corrected chi connectivity index (χ0v) is 13.9. The molecular formula is C16H11Cl3O4. The van der Waals surface area contributed by atoms with Gasteiger partial charge in [0.2, 0.25) is 0 Å². The predicted octanol–water partition coefficient (Wildman–Crippen LogP) is 4.11. The van der Waals surface area contributed by atoms with Crippen molar-refractivity contribution in [1.29, 1.82) is 0 Å². The van der Waals surface area contributed by atoms with Crippen LogP contribution in [0.2, 0.25) is 15.1 Å². The molecule has 0 saturated carbocycles. The van der Waals surface area contributed by atoms with E-state index in [-0.39, 0.29) is 20.6 Å². The number of hydrogen-bond acceptors (Lipinski definition) is 4. The van der Waals surface area contributed by atoms with Crippen LogP contribution < -0.4 is 0 Å². The van der Waals surface area contributed by atoms with Crippen molar-refractivity contribution in [2.45, 2.75) is 5.92 Å². The number of carbonyl (C=O) groups is 2. The first-order valence-electron chi connectivity index (χ1n) is 6.50. The average Bonchev–Trinajstić information content (AvgIpc) is 2.53. The van der Waals surface area contributed by atoms with Crippen LogP contribution >= 0.6 is 34.8 Å². The highest BCUT2D eigenvalue weighted by atomic mass is 35.5. The predicted molar refractivity (Wildman–Crippen MR) is 88.2 cm³/mol. The summed E-state index contributed by atoms with van der Waals surface area (Å²) in [6.07, 6.45) is 0. The van der Waals surface area contributed by atoms with E-state index >= 15 is 0 Å². The number of rotatable bonds is 4. The van der Waals surface area contributed by atoms with Crippen LogP contribution in [0.5, 0.6) is 0 Å². The van der Waals surface area contributed by atoms with E-state index in [9.17, 15) is 14.7 Å². The van der Waals surface area contributed by atoms with Crippen molar-refractivity contribution in [1.82, 2.24) is 0 Å². The zero-order chi connectivity index (χ0) is 17.0. The van der Waals surface area contributed by atoms with E-state index in [1.165, 1.54) is 12.1 Å². The Bertz CT molecular complexity index is 708. The summed E-state index contributed by atoms with van der Waals surface area (Å²) in [6.45, 7) is -0.488. The Morgan fingerprint density at radius 3 is 2.13 bits per heavy atom. The number of aliphatic hydroxyl groups is 1. The van der Waals surface area contributed by atoms with Crippen molar-refractivity contribution >= 4 is 46.7 Å². The smallest absolute Gasteiger partial charge is 0.345 e. The largest absolute Gasteiger partial charge is 0.395 e. The number of esters is 2. The van der Waals surface area contributed by atoms with Crippen LogP contribution in [-0.2, 0) is 9.53 Å². The summed E-state index contributed by atoms with van der Waals surface area (Å²) in [7, 11) is 0. The molecule has 2 aromatic carbocycles. The summed E-state index contributed by atoms with van der Waals surface area (Å²) in [4.78, 5) is 24.1. The van der Waals surface area contributed by atoms with Gasteiger partial charge in [0.1, 0.15) is 5.92 Å². The lowest BCUT2D eigenvalue weighted by Crippen LogP contribution is -2.22. The summed E-state index contributed by atoms with van der Waals surface area (Å²) in [5, 5.41) is 9.63. The summed E-state index contributed by atoms with van der Waals surface area (Å²) in [6, 6.07) is 11.0. The summed E-state index contributed by atoms with van der Waals surface area (Å²) in [5.41, 5.74) is 0.530. The molecule has 23 heavy (non-hydrogen) atoms. The number of benzene rings is 2. The second kappa shape index (κ2) is 7.79. The Kier molecular flexibility index (Phi) is 6.02. The van der Waals surface area contributed by atoms with E-state index in [2.05, 4.69) is 0 Å². The Balaban J connectivity index is 2.17. The molecule has 0 aliphatic heterocycles. The molecule has 7 heteroatoms. The first kappa shape index (κ1) is 17.8. The molecule has 2 rings (SSSR count). The van der Waals surface area contributed by atoms with E-state index in [0.717, 1.165) is 0 Å². The highest BCUT2D eigenvalue weighted by Gasteiger charge is 2.25. The van der Waals surface area contributed by atoms with Gasteiger partial charge in [-0.25, -0.2) is 4.79 Å². The van der Waals surface area contributed by atoms with Gasteiger partial charge in [0, 0.05) is 0 Å². The van der Waals surface area contributed by atoms with Crippen LogP contribution in [-0.4, -0.2) is 23.7 Å². The van der Waals surface area contributed by atoms with Gasteiger partial charge in [-0.1, -0.05) is 65.1 Å². The fourth-order valence-corrected chi connectivity index (χ4v) is 2.49. The van der Waals surface area contributed by atoms with Gasteiger partial charge in [-0.2, -0.15) is 0 Å². The molecule has 2 aromatic rings. The second-order valence-corrected chi connectivity index (χ2v) is 5.80. The lowest BCUT2D eigenvalue weighted by molar-refractivity contribution is -0.140. The van der Waals surface area contributed by atoms with Gasteiger partial charge in [-0.15, -0.1) is 0 Å². The van der Waals surface area contributed by atoms with Crippen LogP contribution in [0.1, 0.15) is 21.8 Å². The fraction of sp³-hybridized carbons (Fsp3) is 0.125. The molecule has 0 amide bonds. The molecule has 0 saturated heterocycles. The SMILES string of the molecule is O=C(OC(=O)C(CO)c1ccccc1)c1cc(Cl)c(Cl)c(Cl)c1. The third-order valence-electron chi connectivity index (χ3n) is 3.08. The average molecular weight is 374 g/mol. The molecule has 0 fully saturated rings. The van der Waals surface area contributed by atoms with E-state index < -0.39 is 24.5 Å². The minimum absolute atomic E-state index is 0.0116. The number of hydrogen-bond donors (Lipinski definition) is 1. The molecule has 120 valence electrons. The lowest BCUT2D eigenvalue weighted by atomic mass is 10.0. The summed E-state index contributed by atoms with van der Waals surface area (Å²) in [5.74, 6) is -2.76. The van der Waals surface area contributed by atoms with Crippen LogP contribution in [0.25, 0.3) is 0 Å². The maximum atomic E-state index is 12.1. The van der Waals surface area contributed by atoms with Gasteiger partial charge in [-0.05, 0) is 17.7 Å². The highest BCUT2D eigenvalue weighted by Crippen LogP contribution is 2.31. The Hall–Kier alpha value is -1.59. The van der Waals surface area contributed by atoms with Crippen LogP contribution in [0.4, 0.5) is 0 Å². The van der Waals surface area contributed by atoms with Crippen molar-refractivity contribution < 1.29 is 19.4 Å². The lowest BCUT2D eigenvalue weighted by Gasteiger charge is -2.13. The van der Waals surface area contributed by atoms with Crippen molar-refractivity contribution in [3.8, 4) is 0 Å².